The van der Waals surface area contributed by atoms with Gasteiger partial charge in [-0.2, -0.15) is 0 Å². The van der Waals surface area contributed by atoms with Crippen LogP contribution < -0.4 is 17.2 Å². The summed E-state index contributed by atoms with van der Waals surface area (Å²) in [5.41, 5.74) is 21.9. The maximum absolute atomic E-state index is 6.04. The molecule has 15 heavy (non-hydrogen) atoms. The molecule has 6 N–H and O–H groups in total. The van der Waals surface area contributed by atoms with Crippen LogP contribution in [0, 0.1) is 0 Å². The second-order valence-corrected chi connectivity index (χ2v) is 3.80. The Labute approximate surface area is 91.6 Å². The summed E-state index contributed by atoms with van der Waals surface area (Å²) < 4.78 is 0. The fraction of sp³-hybridized carbons (Fsp3) is 0.500. The van der Waals surface area contributed by atoms with Gasteiger partial charge in [-0.15, -0.1) is 0 Å². The Balaban J connectivity index is 3.20. The van der Waals surface area contributed by atoms with E-state index in [2.05, 4.69) is 26.0 Å². The number of benzene rings is 1. The summed E-state index contributed by atoms with van der Waals surface area (Å²) in [5.74, 6) is 0. The molecule has 0 saturated heterocycles. The van der Waals surface area contributed by atoms with Gasteiger partial charge in [0.15, 0.2) is 0 Å². The van der Waals surface area contributed by atoms with E-state index < -0.39 is 0 Å². The predicted molar refractivity (Wildman–Crippen MR) is 65.6 cm³/mol. The average Bonchev–Trinajstić information content (AvgIpc) is 2.28. The molecule has 1 atom stereocenters. The number of aryl methyl sites for hydroxylation is 2. The SMILES string of the molecule is CCc1cc([C@H](N)CN)cc(CC)c1N. The van der Waals surface area contributed by atoms with Crippen LogP contribution in [0.15, 0.2) is 12.1 Å². The van der Waals surface area contributed by atoms with Crippen molar-refractivity contribution in [2.45, 2.75) is 32.7 Å². The Hall–Kier alpha value is -1.06. The summed E-state index contributed by atoms with van der Waals surface area (Å²) in [5, 5.41) is 0. The van der Waals surface area contributed by atoms with Crippen molar-refractivity contribution in [3.8, 4) is 0 Å². The average molecular weight is 207 g/mol. The van der Waals surface area contributed by atoms with Crippen molar-refractivity contribution in [2.24, 2.45) is 11.5 Å². The quantitative estimate of drug-likeness (QED) is 0.652. The summed E-state index contributed by atoms with van der Waals surface area (Å²) >= 11 is 0. The Morgan fingerprint density at radius 1 is 1.13 bits per heavy atom. The number of nitrogen functional groups attached to an aromatic ring is 1. The number of nitrogens with two attached hydrogens (primary N) is 3. The van der Waals surface area contributed by atoms with Gasteiger partial charge >= 0.3 is 0 Å². The molecule has 0 amide bonds. The second-order valence-electron chi connectivity index (χ2n) is 3.80. The van der Waals surface area contributed by atoms with Crippen LogP contribution in [0.4, 0.5) is 5.69 Å². The molecule has 0 radical (unpaired) electrons. The lowest BCUT2D eigenvalue weighted by molar-refractivity contribution is 0.734. The first-order valence-corrected chi connectivity index (χ1v) is 5.50. The summed E-state index contributed by atoms with van der Waals surface area (Å²) in [4.78, 5) is 0. The Morgan fingerprint density at radius 3 is 1.93 bits per heavy atom. The smallest absolute Gasteiger partial charge is 0.0419 e. The van der Waals surface area contributed by atoms with E-state index in [1.165, 1.54) is 11.1 Å². The minimum absolute atomic E-state index is 0.0822. The fourth-order valence-electron chi connectivity index (χ4n) is 1.74. The van der Waals surface area contributed by atoms with Crippen molar-refractivity contribution < 1.29 is 0 Å². The second kappa shape index (κ2) is 5.14. The minimum atomic E-state index is -0.0822. The molecule has 0 aromatic heterocycles. The molecule has 3 nitrogen and oxygen atoms in total. The van der Waals surface area contributed by atoms with Gasteiger partial charge in [-0.25, -0.2) is 0 Å². The Bertz CT molecular complexity index is 309. The summed E-state index contributed by atoms with van der Waals surface area (Å²) in [6.45, 7) is 4.67. The topological polar surface area (TPSA) is 78.1 Å². The molecule has 0 bridgehead atoms. The van der Waals surface area contributed by atoms with Crippen LogP contribution in [0.2, 0.25) is 0 Å². The van der Waals surface area contributed by atoms with Gasteiger partial charge in [-0.3, -0.25) is 0 Å². The third-order valence-electron chi connectivity index (χ3n) is 2.82. The van der Waals surface area contributed by atoms with Gasteiger partial charge in [-0.1, -0.05) is 26.0 Å². The van der Waals surface area contributed by atoms with Gasteiger partial charge in [0.25, 0.3) is 0 Å². The highest BCUT2D eigenvalue weighted by Gasteiger charge is 2.09. The van der Waals surface area contributed by atoms with E-state index in [0.717, 1.165) is 24.1 Å². The maximum Gasteiger partial charge on any atom is 0.0419 e. The summed E-state index contributed by atoms with van der Waals surface area (Å²) in [6.07, 6.45) is 1.87. The molecule has 1 aromatic carbocycles. The van der Waals surface area contributed by atoms with Crippen LogP contribution >= 0.6 is 0 Å². The molecule has 84 valence electrons. The van der Waals surface area contributed by atoms with Crippen LogP contribution in [0.1, 0.15) is 36.6 Å². The van der Waals surface area contributed by atoms with E-state index in [-0.39, 0.29) is 6.04 Å². The highest BCUT2D eigenvalue weighted by atomic mass is 14.7. The maximum atomic E-state index is 6.04. The highest BCUT2D eigenvalue weighted by molar-refractivity contribution is 5.56. The lowest BCUT2D eigenvalue weighted by Crippen LogP contribution is -2.21. The molecule has 0 spiro atoms. The van der Waals surface area contributed by atoms with Crippen molar-refractivity contribution in [1.82, 2.24) is 0 Å². The van der Waals surface area contributed by atoms with E-state index in [0.29, 0.717) is 6.54 Å². The van der Waals surface area contributed by atoms with Crippen molar-refractivity contribution in [3.05, 3.63) is 28.8 Å². The lowest BCUT2D eigenvalue weighted by atomic mass is 9.96. The normalized spacial score (nSPS) is 12.8. The molecule has 0 aliphatic heterocycles. The molecule has 0 aliphatic rings. The molecule has 0 aliphatic carbocycles. The number of hydrogen-bond donors (Lipinski definition) is 3. The van der Waals surface area contributed by atoms with Crippen molar-refractivity contribution in [2.75, 3.05) is 12.3 Å². The first-order valence-electron chi connectivity index (χ1n) is 5.50. The van der Waals surface area contributed by atoms with E-state index in [1.54, 1.807) is 0 Å². The molecule has 1 rings (SSSR count). The monoisotopic (exact) mass is 207 g/mol. The molecule has 0 unspecified atom stereocenters. The van der Waals surface area contributed by atoms with Gasteiger partial charge in [-0.05, 0) is 29.5 Å². The molecular weight excluding hydrogens is 186 g/mol. The largest absolute Gasteiger partial charge is 0.398 e. The standard InChI is InChI=1S/C12H21N3/c1-3-8-5-10(11(14)7-13)6-9(4-2)12(8)15/h5-6,11H,3-4,7,13-15H2,1-2H3/t11-/m1/s1. The third kappa shape index (κ3) is 2.49. The highest BCUT2D eigenvalue weighted by Crippen LogP contribution is 2.24. The van der Waals surface area contributed by atoms with E-state index >= 15 is 0 Å². The van der Waals surface area contributed by atoms with Crippen molar-refractivity contribution in [3.63, 3.8) is 0 Å². The van der Waals surface area contributed by atoms with Gasteiger partial charge in [0, 0.05) is 18.3 Å². The third-order valence-corrected chi connectivity index (χ3v) is 2.82. The zero-order valence-corrected chi connectivity index (χ0v) is 9.59. The summed E-state index contributed by atoms with van der Waals surface area (Å²) in [7, 11) is 0. The van der Waals surface area contributed by atoms with Crippen molar-refractivity contribution in [1.29, 1.82) is 0 Å². The van der Waals surface area contributed by atoms with Crippen LogP contribution in [0.25, 0.3) is 0 Å². The van der Waals surface area contributed by atoms with Crippen molar-refractivity contribution >= 4 is 5.69 Å². The first kappa shape index (κ1) is 12.0. The minimum Gasteiger partial charge on any atom is -0.398 e. The molecule has 1 aromatic rings. The first-order chi connectivity index (χ1) is 7.13. The predicted octanol–water partition coefficient (Wildman–Crippen LogP) is 1.35. The van der Waals surface area contributed by atoms with Crippen LogP contribution in [-0.4, -0.2) is 6.54 Å². The molecular formula is C12H21N3. The fourth-order valence-corrected chi connectivity index (χ4v) is 1.74. The Kier molecular flexibility index (Phi) is 4.12. The summed E-state index contributed by atoms with van der Waals surface area (Å²) in [6, 6.07) is 4.07. The van der Waals surface area contributed by atoms with Gasteiger partial charge in [0.05, 0.1) is 0 Å². The lowest BCUT2D eigenvalue weighted by Gasteiger charge is -2.15. The number of hydrogen-bond acceptors (Lipinski definition) is 3. The molecule has 0 fully saturated rings. The Morgan fingerprint density at radius 2 is 1.60 bits per heavy atom. The number of anilines is 1. The van der Waals surface area contributed by atoms with Gasteiger partial charge in [0.2, 0.25) is 0 Å². The molecule has 0 saturated carbocycles. The van der Waals surface area contributed by atoms with E-state index in [1.807, 2.05) is 0 Å². The van der Waals surface area contributed by atoms with E-state index in [4.69, 9.17) is 17.2 Å². The van der Waals surface area contributed by atoms with Gasteiger partial charge < -0.3 is 17.2 Å². The van der Waals surface area contributed by atoms with Crippen LogP contribution in [0.5, 0.6) is 0 Å². The van der Waals surface area contributed by atoms with Crippen LogP contribution in [-0.2, 0) is 12.8 Å². The number of rotatable bonds is 4. The zero-order chi connectivity index (χ0) is 11.4. The zero-order valence-electron chi connectivity index (χ0n) is 9.59. The van der Waals surface area contributed by atoms with E-state index in [9.17, 15) is 0 Å². The molecule has 0 heterocycles. The van der Waals surface area contributed by atoms with Gasteiger partial charge in [0.1, 0.15) is 0 Å². The molecule has 3 heteroatoms. The van der Waals surface area contributed by atoms with Crippen LogP contribution in [0.3, 0.4) is 0 Å².